The third kappa shape index (κ3) is 58.5. The number of carbonyl (C=O) groups excluding carboxylic acids is 3. The third-order valence-corrected chi connectivity index (χ3v) is 14.4. The minimum Gasteiger partial charge on any atom is -0.462 e. The van der Waals surface area contributed by atoms with Gasteiger partial charge in [0.2, 0.25) is 0 Å². The standard InChI is InChI=1S/C66H122O6/c1-4-7-10-13-16-19-21-23-25-26-27-28-29-30-31-32-33-34-35-36-37-38-39-40-42-43-45-47-50-53-56-59-65(68)71-62-63(61-70-64(67)58-55-52-49-18-15-12-9-6-3)72-66(69)60-57-54-51-48-46-44-41-24-22-20-17-14-11-8-5-2/h17,20,24,26-27,41,63H,4-16,18-19,21-23,25,28-40,42-62H2,1-3H3/b20-17-,27-26-,41-24-. The molecule has 0 radical (unpaired) electrons. The van der Waals surface area contributed by atoms with Gasteiger partial charge in [-0.1, -0.05) is 288 Å². The van der Waals surface area contributed by atoms with Gasteiger partial charge in [-0.3, -0.25) is 14.4 Å². The van der Waals surface area contributed by atoms with E-state index >= 15 is 0 Å². The lowest BCUT2D eigenvalue weighted by Gasteiger charge is -2.18. The summed E-state index contributed by atoms with van der Waals surface area (Å²) >= 11 is 0. The van der Waals surface area contributed by atoms with E-state index in [-0.39, 0.29) is 31.1 Å². The second-order valence-electron chi connectivity index (χ2n) is 21.7. The highest BCUT2D eigenvalue weighted by Gasteiger charge is 2.19. The van der Waals surface area contributed by atoms with Crippen molar-refractivity contribution in [3.63, 3.8) is 0 Å². The van der Waals surface area contributed by atoms with Crippen molar-refractivity contribution in [3.05, 3.63) is 36.5 Å². The first-order chi connectivity index (χ1) is 35.5. The van der Waals surface area contributed by atoms with Gasteiger partial charge in [-0.2, -0.15) is 0 Å². The van der Waals surface area contributed by atoms with Crippen LogP contribution in [0.3, 0.4) is 0 Å². The summed E-state index contributed by atoms with van der Waals surface area (Å²) in [6.07, 6.45) is 74.7. The molecule has 0 amide bonds. The summed E-state index contributed by atoms with van der Waals surface area (Å²) in [4.78, 5) is 38.0. The van der Waals surface area contributed by atoms with Gasteiger partial charge in [0.15, 0.2) is 6.10 Å². The normalized spacial score (nSPS) is 12.2. The van der Waals surface area contributed by atoms with Crippen LogP contribution in [0.1, 0.15) is 348 Å². The highest BCUT2D eigenvalue weighted by molar-refractivity contribution is 5.71. The molecule has 72 heavy (non-hydrogen) atoms. The fraction of sp³-hybridized carbons (Fsp3) is 0.864. The van der Waals surface area contributed by atoms with Crippen LogP contribution in [-0.2, 0) is 28.6 Å². The average molecular weight is 1010 g/mol. The monoisotopic (exact) mass is 1010 g/mol. The maximum Gasteiger partial charge on any atom is 0.306 e. The van der Waals surface area contributed by atoms with Crippen molar-refractivity contribution in [2.75, 3.05) is 13.2 Å². The lowest BCUT2D eigenvalue weighted by atomic mass is 10.0. The molecule has 0 aromatic rings. The van der Waals surface area contributed by atoms with E-state index in [4.69, 9.17) is 14.2 Å². The predicted octanol–water partition coefficient (Wildman–Crippen LogP) is 21.6. The molecule has 0 fully saturated rings. The molecule has 0 aliphatic rings. The van der Waals surface area contributed by atoms with Gasteiger partial charge in [-0.05, 0) is 77.0 Å². The summed E-state index contributed by atoms with van der Waals surface area (Å²) in [6.45, 7) is 6.61. The fourth-order valence-electron chi connectivity index (χ4n) is 9.53. The molecule has 1 unspecified atom stereocenters. The number of esters is 3. The lowest BCUT2D eigenvalue weighted by molar-refractivity contribution is -0.167. The first kappa shape index (κ1) is 69.6. The van der Waals surface area contributed by atoms with Crippen LogP contribution >= 0.6 is 0 Å². The Hall–Kier alpha value is -2.37. The SMILES string of the molecule is CCCCC/C=C\C/C=C\CCCCCCCC(=O)OC(COC(=O)CCCCCCCCCC)COC(=O)CCCCCCCCCCCCCCCCCCCCC/C=C\CCCCCCCCCC. The number of rotatable bonds is 59. The Morgan fingerprint density at radius 3 is 0.806 bits per heavy atom. The third-order valence-electron chi connectivity index (χ3n) is 14.4. The zero-order valence-corrected chi connectivity index (χ0v) is 48.5. The van der Waals surface area contributed by atoms with Gasteiger partial charge in [0.25, 0.3) is 0 Å². The predicted molar refractivity (Wildman–Crippen MR) is 312 cm³/mol. The van der Waals surface area contributed by atoms with Crippen molar-refractivity contribution in [1.82, 2.24) is 0 Å². The van der Waals surface area contributed by atoms with E-state index in [1.807, 2.05) is 0 Å². The molecule has 422 valence electrons. The Balaban J connectivity index is 4.02. The first-order valence-corrected chi connectivity index (χ1v) is 32.0. The smallest absolute Gasteiger partial charge is 0.306 e. The maximum absolute atomic E-state index is 12.8. The molecule has 0 bridgehead atoms. The molecule has 0 aromatic carbocycles. The molecule has 0 aliphatic heterocycles. The molecule has 0 saturated carbocycles. The molecule has 0 aromatic heterocycles. The van der Waals surface area contributed by atoms with Crippen LogP contribution < -0.4 is 0 Å². The van der Waals surface area contributed by atoms with Gasteiger partial charge in [0.05, 0.1) is 0 Å². The Bertz CT molecular complexity index is 1210. The van der Waals surface area contributed by atoms with Crippen molar-refractivity contribution < 1.29 is 28.6 Å². The summed E-state index contributed by atoms with van der Waals surface area (Å²) in [5.41, 5.74) is 0. The highest BCUT2D eigenvalue weighted by Crippen LogP contribution is 2.17. The van der Waals surface area contributed by atoms with Crippen molar-refractivity contribution in [2.24, 2.45) is 0 Å². The van der Waals surface area contributed by atoms with Gasteiger partial charge in [-0.25, -0.2) is 0 Å². The van der Waals surface area contributed by atoms with E-state index in [1.165, 1.54) is 225 Å². The molecule has 0 spiro atoms. The van der Waals surface area contributed by atoms with Gasteiger partial charge < -0.3 is 14.2 Å². The number of hydrogen-bond donors (Lipinski definition) is 0. The van der Waals surface area contributed by atoms with Crippen LogP contribution in [0.25, 0.3) is 0 Å². The van der Waals surface area contributed by atoms with Gasteiger partial charge in [0.1, 0.15) is 13.2 Å². The number of hydrogen-bond acceptors (Lipinski definition) is 6. The summed E-state index contributed by atoms with van der Waals surface area (Å²) in [5, 5.41) is 0. The van der Waals surface area contributed by atoms with Crippen LogP contribution in [0.4, 0.5) is 0 Å². The quantitative estimate of drug-likeness (QED) is 0.0261. The summed E-state index contributed by atoms with van der Waals surface area (Å²) in [7, 11) is 0. The lowest BCUT2D eigenvalue weighted by Crippen LogP contribution is -2.30. The van der Waals surface area contributed by atoms with Crippen LogP contribution in [0, 0.1) is 0 Å². The van der Waals surface area contributed by atoms with Gasteiger partial charge in [0, 0.05) is 19.3 Å². The highest BCUT2D eigenvalue weighted by atomic mass is 16.6. The number of carbonyl (C=O) groups is 3. The fourth-order valence-corrected chi connectivity index (χ4v) is 9.53. The minimum atomic E-state index is -0.774. The molecule has 6 nitrogen and oxygen atoms in total. The van der Waals surface area contributed by atoms with Crippen molar-refractivity contribution in [3.8, 4) is 0 Å². The van der Waals surface area contributed by atoms with Crippen LogP contribution in [0.5, 0.6) is 0 Å². The molecule has 0 saturated heterocycles. The average Bonchev–Trinajstić information content (AvgIpc) is 3.38. The summed E-state index contributed by atoms with van der Waals surface area (Å²) in [5.74, 6) is -0.874. The topological polar surface area (TPSA) is 78.9 Å². The van der Waals surface area contributed by atoms with Crippen molar-refractivity contribution in [2.45, 2.75) is 354 Å². The zero-order valence-electron chi connectivity index (χ0n) is 48.5. The van der Waals surface area contributed by atoms with E-state index in [9.17, 15) is 14.4 Å². The summed E-state index contributed by atoms with van der Waals surface area (Å²) in [6, 6.07) is 0. The van der Waals surface area contributed by atoms with Crippen LogP contribution in [0.2, 0.25) is 0 Å². The second-order valence-corrected chi connectivity index (χ2v) is 21.7. The van der Waals surface area contributed by atoms with Crippen LogP contribution in [0.15, 0.2) is 36.5 Å². The largest absolute Gasteiger partial charge is 0.462 e. The van der Waals surface area contributed by atoms with Gasteiger partial charge >= 0.3 is 17.9 Å². The number of ether oxygens (including phenoxy) is 3. The Labute approximate surface area is 448 Å². The number of unbranched alkanes of at least 4 members (excludes halogenated alkanes) is 42. The molecule has 1 atom stereocenters. The molecule has 0 heterocycles. The molecular formula is C66H122O6. The molecule has 6 heteroatoms. The molecule has 0 rings (SSSR count). The van der Waals surface area contributed by atoms with Crippen LogP contribution in [-0.4, -0.2) is 37.2 Å². The van der Waals surface area contributed by atoms with Gasteiger partial charge in [-0.15, -0.1) is 0 Å². The van der Waals surface area contributed by atoms with Crippen molar-refractivity contribution in [1.29, 1.82) is 0 Å². The van der Waals surface area contributed by atoms with E-state index in [1.54, 1.807) is 0 Å². The first-order valence-electron chi connectivity index (χ1n) is 32.0. The minimum absolute atomic E-state index is 0.0736. The Morgan fingerprint density at radius 2 is 0.500 bits per heavy atom. The summed E-state index contributed by atoms with van der Waals surface area (Å²) < 4.78 is 16.8. The zero-order chi connectivity index (χ0) is 52.2. The Morgan fingerprint density at radius 1 is 0.278 bits per heavy atom. The second kappa shape index (κ2) is 61.2. The molecular weight excluding hydrogens is 889 g/mol. The molecule has 0 aliphatic carbocycles. The maximum atomic E-state index is 12.8. The van der Waals surface area contributed by atoms with E-state index in [0.29, 0.717) is 19.3 Å². The number of allylic oxidation sites excluding steroid dienone is 6. The Kier molecular flexibility index (Phi) is 59.2. The van der Waals surface area contributed by atoms with E-state index in [2.05, 4.69) is 57.2 Å². The van der Waals surface area contributed by atoms with E-state index < -0.39 is 6.10 Å². The van der Waals surface area contributed by atoms with E-state index in [0.717, 1.165) is 83.5 Å². The molecule has 0 N–H and O–H groups in total. The van der Waals surface area contributed by atoms with Crippen molar-refractivity contribution >= 4 is 17.9 Å².